The van der Waals surface area contributed by atoms with Crippen molar-refractivity contribution in [3.8, 4) is 11.5 Å². The Hall–Kier alpha value is -5.00. The number of alkyl halides is 2. The van der Waals surface area contributed by atoms with Crippen LogP contribution in [0, 0.1) is 7.43 Å². The highest BCUT2D eigenvalue weighted by atomic mass is 32.7. The Bertz CT molecular complexity index is 2770. The number of hydrogen-bond donors (Lipinski definition) is 2. The molecule has 5 aromatic rings. The molecule has 3 saturated heterocycles. The molecule has 3 aromatic heterocycles. The number of rotatable bonds is 17. The van der Waals surface area contributed by atoms with E-state index in [4.69, 9.17) is 42.8 Å². The number of unbranched alkanes of at least 4 members (excludes halogenated alkanes) is 7. The number of nitrogens with one attached hydrogen (secondary N) is 1. The van der Waals surface area contributed by atoms with Crippen molar-refractivity contribution in [1.82, 2.24) is 29.1 Å². The normalized spacial score (nSPS) is 27.9. The highest BCUT2D eigenvalue weighted by molar-refractivity contribution is 8.54. The second kappa shape index (κ2) is 23.5. The number of benzene rings is 2. The van der Waals surface area contributed by atoms with Crippen molar-refractivity contribution in [3.05, 3.63) is 113 Å². The van der Waals surface area contributed by atoms with Gasteiger partial charge >= 0.3 is 18.5 Å². The minimum Gasteiger partial charge on any atom is -0.756 e. The predicted molar refractivity (Wildman–Crippen MR) is 249 cm³/mol. The molecule has 70 heavy (non-hydrogen) atoms. The largest absolute Gasteiger partial charge is 0.756 e. The van der Waals surface area contributed by atoms with Crippen LogP contribution in [0.3, 0.4) is 0 Å². The number of ether oxygens (including phenoxy) is 4. The van der Waals surface area contributed by atoms with E-state index >= 15 is 8.78 Å². The number of aromatic nitrogens is 6. The molecular formula is C44H53F2N7O14P2S. The summed E-state index contributed by atoms with van der Waals surface area (Å²) in [6.07, 6.45) is -2.59. The van der Waals surface area contributed by atoms with E-state index < -0.39 is 94.3 Å². The van der Waals surface area contributed by atoms with Gasteiger partial charge in [0.05, 0.1) is 31.7 Å². The monoisotopic (exact) mass is 1040 g/mol. The molecule has 3 fully saturated rings. The number of imidazole rings is 1. The fourth-order valence-electron chi connectivity index (χ4n) is 7.88. The van der Waals surface area contributed by atoms with Crippen molar-refractivity contribution in [2.45, 2.75) is 113 Å². The van der Waals surface area contributed by atoms with Crippen LogP contribution >= 0.6 is 26.0 Å². The van der Waals surface area contributed by atoms with Crippen LogP contribution in [0.15, 0.2) is 83.0 Å². The van der Waals surface area contributed by atoms with Crippen molar-refractivity contribution in [3.63, 3.8) is 0 Å². The number of nitrogens with zero attached hydrogens (tertiary/aromatic N) is 5. The van der Waals surface area contributed by atoms with E-state index in [1.165, 1.54) is 61.6 Å². The standard InChI is InChI=1S/C43H51F2N7O14P2S.CH3/c1-2-3-4-5-6-7-8-9-20-59-28-16-12-27(13-17-28)42(54)62-29-14-10-26(11-15-29)23-69-68(58)61-22-31-36(33(44)40(63-31)51-19-18-32(53)50-43(51)55)65-67(56,57)60-21-30-37(66-68)34(45)41(64-30)52-25-49-35-38(46)47-24-48-39(35)52;/h10-19,24-25,30-31,33-34,36-37,40-41H,2-9,20-23H2,1H3,(H,56,57)(H2,46,47,48)(H,50,53,55);1H3/q;+1/p-1/t30-,31-,33-,34-,36-,37-,40-,41-,68?;/m1./s1. The summed E-state index contributed by atoms with van der Waals surface area (Å²) in [6, 6.07) is 13.7. The molecule has 0 bridgehead atoms. The summed E-state index contributed by atoms with van der Waals surface area (Å²) in [5, 5.41) is 0. The van der Waals surface area contributed by atoms with Gasteiger partial charge in [-0.15, -0.1) is 0 Å². The van der Waals surface area contributed by atoms with Crippen LogP contribution in [0.1, 0.15) is 86.7 Å². The highest BCUT2D eigenvalue weighted by Crippen LogP contribution is 2.64. The number of phosphoric ester groups is 1. The first-order chi connectivity index (χ1) is 33.2. The molecule has 2 aromatic carbocycles. The zero-order chi connectivity index (χ0) is 48.7. The number of halogens is 2. The summed E-state index contributed by atoms with van der Waals surface area (Å²) in [4.78, 5) is 64.7. The number of carbonyl (C=O) groups excluding carboxylic acids is 1. The molecule has 0 saturated carbocycles. The molecule has 0 aliphatic carbocycles. The van der Waals surface area contributed by atoms with Gasteiger partial charge in [-0.25, -0.2) is 37.9 Å². The van der Waals surface area contributed by atoms with Crippen LogP contribution in [0.2, 0.25) is 0 Å². The number of hydrogen-bond acceptors (Lipinski definition) is 19. The SMILES string of the molecule is CCCCCCCCCCOc1ccc(C(=O)Oc2ccc(CSP3(=O)OC[C@H]4O[C@@H](n5ccc(=O)[nH]c5=O)[C@H](F)[C@@H]4OP(=O)([O-])OC[C@H]4O[C@@H](n5cnc6c(N)ncnc65)[C@H](F)[C@@H]4O3)cc2)cc1.[CH3+]. The van der Waals surface area contributed by atoms with Gasteiger partial charge in [0.15, 0.2) is 36.3 Å². The molecular weight excluding hydrogens is 983 g/mol. The third-order valence-electron chi connectivity index (χ3n) is 11.5. The maximum atomic E-state index is 16.8. The Morgan fingerprint density at radius 2 is 1.47 bits per heavy atom. The van der Waals surface area contributed by atoms with E-state index in [0.717, 1.165) is 31.4 Å². The van der Waals surface area contributed by atoms with Crippen LogP contribution in [-0.2, 0) is 42.5 Å². The van der Waals surface area contributed by atoms with Gasteiger partial charge in [-0.1, -0.05) is 64.0 Å². The first-order valence-corrected chi connectivity index (χ1v) is 26.9. The first kappa shape index (κ1) is 52.8. The Kier molecular flexibility index (Phi) is 17.7. The van der Waals surface area contributed by atoms with Gasteiger partial charge in [0.1, 0.15) is 47.8 Å². The number of anilines is 1. The lowest BCUT2D eigenvalue weighted by atomic mass is 10.1. The van der Waals surface area contributed by atoms with Crippen LogP contribution in [0.4, 0.5) is 14.6 Å². The second-order valence-corrected chi connectivity index (χ2v) is 21.8. The summed E-state index contributed by atoms with van der Waals surface area (Å²) < 4.78 is 108. The van der Waals surface area contributed by atoms with Gasteiger partial charge in [-0.2, -0.15) is 0 Å². The molecule has 0 spiro atoms. The summed E-state index contributed by atoms with van der Waals surface area (Å²) in [5.41, 5.74) is 5.02. The Morgan fingerprint density at radius 1 is 0.843 bits per heavy atom. The molecule has 6 heterocycles. The Labute approximate surface area is 404 Å². The number of phosphoric acid groups is 1. The minimum atomic E-state index is -5.50. The molecule has 2 unspecified atom stereocenters. The molecule has 3 aliphatic rings. The average molecular weight is 1040 g/mol. The third kappa shape index (κ3) is 12.7. The highest BCUT2D eigenvalue weighted by Gasteiger charge is 2.54. The lowest BCUT2D eigenvalue weighted by Gasteiger charge is -2.32. The van der Waals surface area contributed by atoms with Crippen LogP contribution < -0.4 is 31.3 Å². The van der Waals surface area contributed by atoms with Crippen molar-refractivity contribution >= 4 is 49.0 Å². The van der Waals surface area contributed by atoms with Gasteiger partial charge < -0.3 is 38.6 Å². The van der Waals surface area contributed by atoms with E-state index in [1.54, 1.807) is 36.4 Å². The maximum Gasteiger partial charge on any atom is 0.389 e. The molecule has 3 N–H and O–H groups in total. The number of nitrogens with two attached hydrogens (primary N) is 1. The molecule has 10 atom stereocenters. The quantitative estimate of drug-likeness (QED) is 0.0313. The lowest BCUT2D eigenvalue weighted by molar-refractivity contribution is -0.235. The first-order valence-electron chi connectivity index (χ1n) is 22.3. The molecule has 3 aliphatic heterocycles. The van der Waals surface area contributed by atoms with E-state index in [0.29, 0.717) is 39.4 Å². The summed E-state index contributed by atoms with van der Waals surface area (Å²) in [7, 11) is -5.50. The average Bonchev–Trinajstić information content (AvgIpc) is 3.99. The van der Waals surface area contributed by atoms with Gasteiger partial charge in [0.2, 0.25) is 0 Å². The number of nitrogen functional groups attached to an aromatic ring is 1. The smallest absolute Gasteiger partial charge is 0.389 e. The van der Waals surface area contributed by atoms with Gasteiger partial charge in [-0.3, -0.25) is 32.5 Å². The number of fused-ring (bicyclic) bond motifs is 3. The van der Waals surface area contributed by atoms with E-state index in [2.05, 4.69) is 21.9 Å². The van der Waals surface area contributed by atoms with Crippen molar-refractivity contribution < 1.29 is 64.6 Å². The van der Waals surface area contributed by atoms with E-state index in [1.807, 2.05) is 4.98 Å². The second-order valence-electron chi connectivity index (χ2n) is 16.4. The minimum absolute atomic E-state index is 0. The number of aromatic amines is 1. The molecule has 21 nitrogen and oxygen atoms in total. The fraction of sp³-hybridized carbons (Fsp3) is 0.477. The van der Waals surface area contributed by atoms with Crippen LogP contribution in [0.25, 0.3) is 11.2 Å². The predicted octanol–water partition coefficient (Wildman–Crippen LogP) is 6.95. The molecule has 26 heteroatoms. The number of H-pyrrole nitrogens is 1. The summed E-state index contributed by atoms with van der Waals surface area (Å²) >= 11 is 0.595. The summed E-state index contributed by atoms with van der Waals surface area (Å²) in [6.45, 7) is -3.73. The van der Waals surface area contributed by atoms with E-state index in [-0.39, 0.29) is 35.9 Å². The van der Waals surface area contributed by atoms with Gasteiger partial charge in [0.25, 0.3) is 13.4 Å². The third-order valence-corrected chi connectivity index (χ3v) is 16.1. The topological polar surface area (TPSA) is 273 Å². The van der Waals surface area contributed by atoms with Gasteiger partial charge in [-0.05, 0) is 59.8 Å². The molecule has 8 rings (SSSR count). The Balaban J connectivity index is 0.00000722. The lowest BCUT2D eigenvalue weighted by Crippen LogP contribution is -2.39. The van der Waals surface area contributed by atoms with Gasteiger partial charge in [0, 0.05) is 25.4 Å². The zero-order valence-electron chi connectivity index (χ0n) is 38.1. The molecule has 0 amide bonds. The number of esters is 1. The zero-order valence-corrected chi connectivity index (χ0v) is 40.7. The maximum absolute atomic E-state index is 16.8. The van der Waals surface area contributed by atoms with Crippen molar-refractivity contribution in [2.24, 2.45) is 0 Å². The van der Waals surface area contributed by atoms with Crippen molar-refractivity contribution in [1.29, 1.82) is 0 Å². The van der Waals surface area contributed by atoms with Crippen LogP contribution in [-0.4, -0.2) is 91.6 Å². The summed E-state index contributed by atoms with van der Waals surface area (Å²) in [5.74, 6) is 0.0808. The van der Waals surface area contributed by atoms with E-state index in [9.17, 15) is 28.4 Å². The van der Waals surface area contributed by atoms with Crippen molar-refractivity contribution in [2.75, 3.05) is 25.6 Å². The molecule has 378 valence electrons. The Morgan fingerprint density at radius 3 is 2.16 bits per heavy atom. The van der Waals surface area contributed by atoms with Crippen LogP contribution in [0.5, 0.6) is 11.5 Å². The number of carbonyl (C=O) groups is 1. The molecule has 0 radical (unpaired) electrons. The fourth-order valence-corrected chi connectivity index (χ4v) is 12.2.